The fourth-order valence-electron chi connectivity index (χ4n) is 7.84. The minimum absolute atomic E-state index is 0. The summed E-state index contributed by atoms with van der Waals surface area (Å²) >= 11 is 0. The molecule has 3 heterocycles. The van der Waals surface area contributed by atoms with Gasteiger partial charge in [0.05, 0.1) is 5.41 Å². The van der Waals surface area contributed by atoms with Crippen LogP contribution in [0.4, 0.5) is 17.2 Å². The number of carbonyl (C=O) groups excluding carboxylic acids is 1. The molecule has 0 saturated carbocycles. The van der Waals surface area contributed by atoms with Gasteiger partial charge in [-0.3, -0.25) is 4.79 Å². The molecule has 0 radical (unpaired) electrons. The van der Waals surface area contributed by atoms with Crippen LogP contribution in [0.2, 0.25) is 0 Å². The van der Waals surface area contributed by atoms with E-state index in [4.69, 9.17) is 23.1 Å². The fourth-order valence-corrected chi connectivity index (χ4v) is 7.84. The van der Waals surface area contributed by atoms with Gasteiger partial charge in [0, 0.05) is 55.4 Å². The largest absolute Gasteiger partial charge is 1.00 e. The van der Waals surface area contributed by atoms with Gasteiger partial charge < -0.3 is 15.4 Å². The van der Waals surface area contributed by atoms with Crippen LogP contribution in [0.1, 0.15) is 94.5 Å². The molecule has 1 aromatic heterocycles. The number of ketones is 1. The Balaban J connectivity index is 0.00000147. The van der Waals surface area contributed by atoms with E-state index in [9.17, 15) is 4.79 Å². The molecule has 3 aromatic carbocycles. The average Bonchev–Trinajstić information content (AvgIpc) is 3.53. The normalized spacial score (nSPS) is 15.5. The summed E-state index contributed by atoms with van der Waals surface area (Å²) in [5, 5.41) is 0. The fraction of sp³-hybridized carbons (Fsp3) is 0.362. The Morgan fingerprint density at radius 2 is 1.64 bits per heavy atom. The third kappa shape index (κ3) is 12.2. The Kier molecular flexibility index (Phi) is 17.2. The second kappa shape index (κ2) is 21.5. The van der Waals surface area contributed by atoms with Crippen molar-refractivity contribution in [3.8, 4) is 6.01 Å². The Labute approximate surface area is 373 Å². The molecule has 2 aliphatic heterocycles. The summed E-state index contributed by atoms with van der Waals surface area (Å²) in [6.45, 7) is 15.9. The van der Waals surface area contributed by atoms with Crippen molar-refractivity contribution in [3.63, 3.8) is 0 Å². The number of unbranched alkanes of at least 4 members (excludes halogenated alkanes) is 2. The number of ether oxygens (including phenoxy) is 1. The molecule has 304 valence electrons. The Morgan fingerprint density at radius 1 is 0.915 bits per heavy atom. The first-order chi connectivity index (χ1) is 27.7. The predicted molar refractivity (Wildman–Crippen MR) is 230 cm³/mol. The summed E-state index contributed by atoms with van der Waals surface area (Å²) in [4.78, 5) is 23.4. The standard InChI is InChI=1S/C47H55N5O2.Na.O3S/c1-7-51-40-18-14-13-17-38(40)46(3,4)42(51)19-11-8-12-20-43-47(5,6)39-32-34(2)21-28-41(39)52(43)31-15-9-10-16-37(53)27-26-35-22-24-36(25-23-35)33-54-45-49-30-29-44(48)50-45;;1-4(2)3/h8,11-12,14,17-25,28-30,32H,7,9-10,15-16,26-27,31,33H2,1-6H3,(H2,48,49,50);;/q;+1;. The number of nitrogens with two attached hydrogens (primary N) is 1. The predicted octanol–water partition coefficient (Wildman–Crippen LogP) is 5.70. The SMILES string of the molecule is CCN1/C(=C/C=C/C=C/C2=[N+](CCCCCC(=O)CCc3ccc(COc4nccc(N)n4)cc3)c3ccc(C)cc3C2(C)C)C(C)(C)c2c[c-]ccc21.O=S(=O)=O.[Na+]. The quantitative estimate of drug-likeness (QED) is 0.0497. The van der Waals surface area contributed by atoms with Gasteiger partial charge in [-0.05, 0) is 81.7 Å². The van der Waals surface area contributed by atoms with Gasteiger partial charge in [-0.15, -0.1) is 24.3 Å². The number of likely N-dealkylation sites (N-methyl/N-ethyl adjacent to an activating group) is 1. The molecule has 0 aliphatic carbocycles. The van der Waals surface area contributed by atoms with E-state index in [1.165, 1.54) is 39.5 Å². The van der Waals surface area contributed by atoms with Crippen molar-refractivity contribution in [1.82, 2.24) is 9.97 Å². The van der Waals surface area contributed by atoms with Gasteiger partial charge in [0.2, 0.25) is 5.69 Å². The molecular formula is C47H55N5NaO5S+. The summed E-state index contributed by atoms with van der Waals surface area (Å²) in [7, 11) is -3.11. The molecular weight excluding hydrogens is 770 g/mol. The van der Waals surface area contributed by atoms with E-state index in [0.29, 0.717) is 31.0 Å². The van der Waals surface area contributed by atoms with Crippen molar-refractivity contribution in [2.45, 2.75) is 97.5 Å². The number of benzene rings is 3. The average molecular weight is 825 g/mol. The molecule has 4 aromatic rings. The third-order valence-corrected chi connectivity index (χ3v) is 10.9. The number of nitrogen functional groups attached to an aromatic ring is 1. The molecule has 0 saturated heterocycles. The molecule has 0 bridgehead atoms. The van der Waals surface area contributed by atoms with E-state index >= 15 is 0 Å². The minimum atomic E-state index is -3.11. The summed E-state index contributed by atoms with van der Waals surface area (Å²) in [6, 6.07) is 26.5. The molecule has 2 aliphatic rings. The van der Waals surface area contributed by atoms with E-state index in [2.05, 4.69) is 140 Å². The van der Waals surface area contributed by atoms with Crippen LogP contribution in [-0.4, -0.2) is 51.8 Å². The first-order valence-corrected chi connectivity index (χ1v) is 20.9. The number of fused-ring (bicyclic) bond motifs is 2. The first kappa shape index (κ1) is 47.0. The van der Waals surface area contributed by atoms with Crippen molar-refractivity contribution < 1.29 is 56.3 Å². The second-order valence-corrected chi connectivity index (χ2v) is 16.1. The number of carbonyl (C=O) groups is 1. The van der Waals surface area contributed by atoms with Crippen molar-refractivity contribution >= 4 is 39.3 Å². The summed E-state index contributed by atoms with van der Waals surface area (Å²) in [5.74, 6) is 0.704. The van der Waals surface area contributed by atoms with Gasteiger partial charge in [0.15, 0.2) is 5.71 Å². The van der Waals surface area contributed by atoms with Gasteiger partial charge in [0.25, 0.3) is 0 Å². The maximum Gasteiger partial charge on any atom is 1.00 e. The zero-order chi connectivity index (χ0) is 41.9. The monoisotopic (exact) mass is 824 g/mol. The minimum Gasteiger partial charge on any atom is -0.459 e. The molecule has 0 atom stereocenters. The van der Waals surface area contributed by atoms with Crippen LogP contribution in [0.25, 0.3) is 0 Å². The zero-order valence-corrected chi connectivity index (χ0v) is 38.3. The maximum atomic E-state index is 12.8. The molecule has 0 fully saturated rings. The van der Waals surface area contributed by atoms with E-state index in [1.807, 2.05) is 18.2 Å². The summed E-state index contributed by atoms with van der Waals surface area (Å²) < 4.78 is 33.5. The zero-order valence-electron chi connectivity index (χ0n) is 35.5. The summed E-state index contributed by atoms with van der Waals surface area (Å²) in [5.41, 5.74) is 16.9. The number of hydrogen-bond acceptors (Lipinski definition) is 9. The molecule has 0 unspecified atom stereocenters. The number of nitrogens with zero attached hydrogens (tertiary/aromatic N) is 4. The van der Waals surface area contributed by atoms with E-state index in [-0.39, 0.29) is 46.4 Å². The Morgan fingerprint density at radius 3 is 2.36 bits per heavy atom. The molecule has 0 amide bonds. The van der Waals surface area contributed by atoms with Gasteiger partial charge in [-0.25, -0.2) is 4.98 Å². The number of rotatable bonds is 16. The number of anilines is 2. The molecule has 12 heteroatoms. The van der Waals surface area contributed by atoms with Crippen molar-refractivity contribution in [3.05, 3.63) is 143 Å². The first-order valence-electron chi connectivity index (χ1n) is 19.9. The van der Waals surface area contributed by atoms with Crippen molar-refractivity contribution in [1.29, 1.82) is 0 Å². The van der Waals surface area contributed by atoms with Gasteiger partial charge >= 0.3 is 46.2 Å². The topological polar surface area (TPSA) is 136 Å². The van der Waals surface area contributed by atoms with Gasteiger partial charge in [-0.1, -0.05) is 73.7 Å². The maximum absolute atomic E-state index is 12.8. The number of allylic oxidation sites excluding steroid dienone is 6. The van der Waals surface area contributed by atoms with Crippen LogP contribution in [0.15, 0.2) is 109 Å². The van der Waals surface area contributed by atoms with Crippen LogP contribution in [0.3, 0.4) is 0 Å². The number of hydrogen-bond donors (Lipinski definition) is 1. The van der Waals surface area contributed by atoms with Crippen molar-refractivity contribution in [2.24, 2.45) is 0 Å². The molecule has 2 N–H and O–H groups in total. The van der Waals surface area contributed by atoms with Gasteiger partial charge in [0.1, 0.15) is 24.8 Å². The Bertz CT molecular complexity index is 2330. The van der Waals surface area contributed by atoms with Crippen molar-refractivity contribution in [2.75, 3.05) is 23.7 Å². The third-order valence-electron chi connectivity index (χ3n) is 10.9. The molecule has 0 spiro atoms. The smallest absolute Gasteiger partial charge is 0.459 e. The van der Waals surface area contributed by atoms with E-state index in [0.717, 1.165) is 49.9 Å². The van der Waals surface area contributed by atoms with Crippen LogP contribution in [0, 0.1) is 13.0 Å². The second-order valence-electron chi connectivity index (χ2n) is 15.7. The number of Topliss-reactive ketones (excluding diaryl/α,β-unsaturated/α-hetero) is 1. The Hall–Kier alpha value is -4.68. The number of aryl methyl sites for hydroxylation is 2. The number of aromatic nitrogens is 2. The van der Waals surface area contributed by atoms with Gasteiger partial charge in [-0.2, -0.15) is 27.8 Å². The van der Waals surface area contributed by atoms with E-state index in [1.54, 1.807) is 12.3 Å². The molecule has 10 nitrogen and oxygen atoms in total. The molecule has 59 heavy (non-hydrogen) atoms. The van der Waals surface area contributed by atoms with Crippen LogP contribution >= 0.6 is 0 Å². The van der Waals surface area contributed by atoms with Crippen LogP contribution < -0.4 is 44.9 Å². The summed E-state index contributed by atoms with van der Waals surface area (Å²) in [6.07, 6.45) is 17.6. The van der Waals surface area contributed by atoms with Crippen LogP contribution in [-0.2, 0) is 39.3 Å². The van der Waals surface area contributed by atoms with Crippen LogP contribution in [0.5, 0.6) is 6.01 Å². The van der Waals surface area contributed by atoms with E-state index < -0.39 is 10.6 Å². The molecule has 6 rings (SSSR count).